The average molecular weight is 282 g/mol. The van der Waals surface area contributed by atoms with Gasteiger partial charge >= 0.3 is 12.5 Å². The second-order valence-electron chi connectivity index (χ2n) is 4.12. The van der Waals surface area contributed by atoms with E-state index in [1.807, 2.05) is 0 Å². The Labute approximate surface area is 113 Å². The fraction of sp³-hybridized carbons (Fsp3) is 0.231. The summed E-state index contributed by atoms with van der Waals surface area (Å²) in [6.07, 6.45) is 2.37. The van der Waals surface area contributed by atoms with Crippen LogP contribution in [0.3, 0.4) is 0 Å². The Kier molecular flexibility index (Phi) is 3.97. The van der Waals surface area contributed by atoms with Crippen molar-refractivity contribution in [2.45, 2.75) is 20.1 Å². The van der Waals surface area contributed by atoms with Gasteiger partial charge in [0.2, 0.25) is 0 Å². The largest absolute Gasteiger partial charge is 0.485 e. The Bertz CT molecular complexity index is 626. The number of alkyl halides is 2. The van der Waals surface area contributed by atoms with E-state index in [2.05, 4.69) is 4.98 Å². The Morgan fingerprint density at radius 1 is 1.50 bits per heavy atom. The lowest BCUT2D eigenvalue weighted by Gasteiger charge is -2.11. The molecule has 1 aromatic carbocycles. The van der Waals surface area contributed by atoms with Crippen LogP contribution in [0.2, 0.25) is 0 Å². The number of hydrogen-bond donors (Lipinski definition) is 1. The van der Waals surface area contributed by atoms with Gasteiger partial charge in [0.05, 0.1) is 0 Å². The molecule has 0 bridgehead atoms. The summed E-state index contributed by atoms with van der Waals surface area (Å²) in [6.45, 7) is -1.17. The van der Waals surface area contributed by atoms with E-state index in [0.29, 0.717) is 4.57 Å². The molecule has 0 spiro atoms. The van der Waals surface area contributed by atoms with Gasteiger partial charge < -0.3 is 9.84 Å². The fourth-order valence-corrected chi connectivity index (χ4v) is 1.70. The van der Waals surface area contributed by atoms with E-state index >= 15 is 0 Å². The Morgan fingerprint density at radius 3 is 2.90 bits per heavy atom. The van der Waals surface area contributed by atoms with Gasteiger partial charge in [0.15, 0.2) is 5.82 Å². The van der Waals surface area contributed by atoms with Crippen molar-refractivity contribution < 1.29 is 23.4 Å². The number of rotatable bonds is 5. The number of ether oxygens (including phenoxy) is 1. The van der Waals surface area contributed by atoms with E-state index < -0.39 is 12.5 Å². The van der Waals surface area contributed by atoms with Gasteiger partial charge in [-0.15, -0.1) is 0 Å². The molecule has 1 heterocycles. The number of aromatic nitrogens is 2. The van der Waals surface area contributed by atoms with E-state index in [1.54, 1.807) is 19.1 Å². The molecule has 0 aliphatic carbocycles. The number of aryl methyl sites for hydroxylation is 1. The highest BCUT2D eigenvalue weighted by molar-refractivity contribution is 5.90. The highest BCUT2D eigenvalue weighted by Gasteiger charge is 2.15. The van der Waals surface area contributed by atoms with Crippen LogP contribution in [0.25, 0.3) is 0 Å². The third-order valence-corrected chi connectivity index (χ3v) is 2.68. The fourth-order valence-electron chi connectivity index (χ4n) is 1.70. The summed E-state index contributed by atoms with van der Waals surface area (Å²) in [7, 11) is 0. The highest BCUT2D eigenvalue weighted by Crippen LogP contribution is 2.22. The van der Waals surface area contributed by atoms with Crippen LogP contribution in [-0.2, 0) is 6.61 Å². The van der Waals surface area contributed by atoms with Crippen molar-refractivity contribution in [3.05, 3.63) is 47.5 Å². The maximum atomic E-state index is 12.6. The van der Waals surface area contributed by atoms with Crippen LogP contribution >= 0.6 is 0 Å². The van der Waals surface area contributed by atoms with Crippen LogP contribution in [0.5, 0.6) is 5.75 Å². The summed E-state index contributed by atoms with van der Waals surface area (Å²) < 4.78 is 31.2. The van der Waals surface area contributed by atoms with Crippen LogP contribution in [0.1, 0.15) is 28.3 Å². The second kappa shape index (κ2) is 5.68. The van der Waals surface area contributed by atoms with Crippen molar-refractivity contribution in [3.63, 3.8) is 0 Å². The van der Waals surface area contributed by atoms with Crippen molar-refractivity contribution in [2.75, 3.05) is 0 Å². The molecule has 7 heteroatoms. The summed E-state index contributed by atoms with van der Waals surface area (Å²) in [6, 6.07) is 4.59. The second-order valence-corrected chi connectivity index (χ2v) is 4.12. The SMILES string of the molecule is Cc1ccc(C(=O)O)c(OCc2nccn2C(F)F)c1. The van der Waals surface area contributed by atoms with Crippen molar-refractivity contribution in [1.82, 2.24) is 9.55 Å². The zero-order valence-electron chi connectivity index (χ0n) is 10.6. The minimum atomic E-state index is -2.72. The third-order valence-electron chi connectivity index (χ3n) is 2.68. The van der Waals surface area contributed by atoms with Crippen LogP contribution in [-0.4, -0.2) is 20.6 Å². The normalized spacial score (nSPS) is 10.8. The molecule has 0 saturated heterocycles. The minimum absolute atomic E-state index is 0.0225. The molecular weight excluding hydrogens is 270 g/mol. The molecule has 106 valence electrons. The van der Waals surface area contributed by atoms with Gasteiger partial charge in [-0.25, -0.2) is 9.78 Å². The molecular formula is C13H12F2N2O3. The van der Waals surface area contributed by atoms with Crippen molar-refractivity contribution in [2.24, 2.45) is 0 Å². The molecule has 0 aliphatic heterocycles. The zero-order chi connectivity index (χ0) is 14.7. The third kappa shape index (κ3) is 2.93. The molecule has 2 rings (SSSR count). The zero-order valence-corrected chi connectivity index (χ0v) is 10.6. The summed E-state index contributed by atoms with van der Waals surface area (Å²) >= 11 is 0. The van der Waals surface area contributed by atoms with Gasteiger partial charge in [0.1, 0.15) is 17.9 Å². The van der Waals surface area contributed by atoms with Gasteiger partial charge in [-0.05, 0) is 24.6 Å². The quantitative estimate of drug-likeness (QED) is 0.915. The molecule has 0 unspecified atom stereocenters. The van der Waals surface area contributed by atoms with Crippen LogP contribution in [0, 0.1) is 6.92 Å². The molecule has 1 aromatic heterocycles. The Morgan fingerprint density at radius 2 is 2.25 bits per heavy atom. The molecule has 20 heavy (non-hydrogen) atoms. The van der Waals surface area contributed by atoms with Gasteiger partial charge in [0.25, 0.3) is 0 Å². The first kappa shape index (κ1) is 14.0. The number of nitrogens with zero attached hydrogens (tertiary/aromatic N) is 2. The highest BCUT2D eigenvalue weighted by atomic mass is 19.3. The minimum Gasteiger partial charge on any atom is -0.485 e. The van der Waals surface area contributed by atoms with Crippen LogP contribution < -0.4 is 4.74 Å². The summed E-state index contributed by atoms with van der Waals surface area (Å²) in [5.41, 5.74) is 0.785. The lowest BCUT2D eigenvalue weighted by atomic mass is 10.1. The average Bonchev–Trinajstić information content (AvgIpc) is 2.84. The maximum absolute atomic E-state index is 12.6. The Balaban J connectivity index is 2.20. The summed E-state index contributed by atoms with van der Waals surface area (Å²) in [5.74, 6) is -0.989. The van der Waals surface area contributed by atoms with E-state index in [9.17, 15) is 13.6 Å². The lowest BCUT2D eigenvalue weighted by Crippen LogP contribution is -2.09. The molecule has 2 aromatic rings. The molecule has 0 saturated carbocycles. The van der Waals surface area contributed by atoms with E-state index in [-0.39, 0.29) is 23.7 Å². The number of carboxylic acids is 1. The molecule has 0 amide bonds. The van der Waals surface area contributed by atoms with Crippen LogP contribution in [0.15, 0.2) is 30.6 Å². The smallest absolute Gasteiger partial charge is 0.339 e. The number of aromatic carboxylic acids is 1. The molecule has 0 aliphatic rings. The molecule has 1 N–H and O–H groups in total. The summed E-state index contributed by atoms with van der Waals surface area (Å²) in [5, 5.41) is 9.04. The molecule has 5 nitrogen and oxygen atoms in total. The molecule has 0 radical (unpaired) electrons. The topological polar surface area (TPSA) is 64.3 Å². The van der Waals surface area contributed by atoms with Crippen molar-refractivity contribution in [3.8, 4) is 5.75 Å². The first-order valence-electron chi connectivity index (χ1n) is 5.75. The van der Waals surface area contributed by atoms with E-state index in [4.69, 9.17) is 9.84 Å². The number of imidazole rings is 1. The molecule has 0 atom stereocenters. The number of halogens is 2. The number of carboxylic acid groups (broad SMARTS) is 1. The summed E-state index contributed by atoms with van der Waals surface area (Å²) in [4.78, 5) is 14.8. The van der Waals surface area contributed by atoms with Crippen LogP contribution in [0.4, 0.5) is 8.78 Å². The standard InChI is InChI=1S/C13H12F2N2O3/c1-8-2-3-9(12(18)19)10(6-8)20-7-11-16-4-5-17(11)13(14)15/h2-6,13H,7H2,1H3,(H,18,19). The monoisotopic (exact) mass is 282 g/mol. The number of hydrogen-bond acceptors (Lipinski definition) is 3. The predicted molar refractivity (Wildman–Crippen MR) is 66.0 cm³/mol. The van der Waals surface area contributed by atoms with E-state index in [1.165, 1.54) is 12.3 Å². The van der Waals surface area contributed by atoms with Crippen molar-refractivity contribution >= 4 is 5.97 Å². The first-order valence-corrected chi connectivity index (χ1v) is 5.75. The van der Waals surface area contributed by atoms with Gasteiger partial charge in [-0.2, -0.15) is 8.78 Å². The molecule has 0 fully saturated rings. The first-order chi connectivity index (χ1) is 9.49. The number of carbonyl (C=O) groups is 1. The number of benzene rings is 1. The predicted octanol–water partition coefficient (Wildman–Crippen LogP) is 2.86. The van der Waals surface area contributed by atoms with Crippen molar-refractivity contribution in [1.29, 1.82) is 0 Å². The van der Waals surface area contributed by atoms with Gasteiger partial charge in [-0.3, -0.25) is 4.57 Å². The maximum Gasteiger partial charge on any atom is 0.339 e. The van der Waals surface area contributed by atoms with Gasteiger partial charge in [0, 0.05) is 12.4 Å². The van der Waals surface area contributed by atoms with E-state index in [0.717, 1.165) is 11.8 Å². The Hall–Kier alpha value is -2.44. The van der Waals surface area contributed by atoms with Gasteiger partial charge in [-0.1, -0.05) is 6.07 Å². The lowest BCUT2D eigenvalue weighted by molar-refractivity contribution is 0.0623.